The average Bonchev–Trinajstić information content (AvgIpc) is 2.81. The van der Waals surface area contributed by atoms with E-state index in [1.54, 1.807) is 4.90 Å². The first-order valence-electron chi connectivity index (χ1n) is 10.0. The molecule has 0 aliphatic carbocycles. The Morgan fingerprint density at radius 3 is 2.34 bits per heavy atom. The van der Waals surface area contributed by atoms with Gasteiger partial charge < -0.3 is 19.3 Å². The van der Waals surface area contributed by atoms with E-state index in [0.717, 1.165) is 6.07 Å². The van der Waals surface area contributed by atoms with Gasteiger partial charge in [0.1, 0.15) is 17.3 Å². The number of anilines is 1. The highest BCUT2D eigenvalue weighted by molar-refractivity contribution is 5.92. The number of nitrogens with zero attached hydrogens (tertiary/aromatic N) is 4. The minimum Gasteiger partial charge on any atom is -0.479 e. The summed E-state index contributed by atoms with van der Waals surface area (Å²) in [6.07, 6.45) is 0.485. The number of aliphatic imine (C=N–C) groups is 1. The molecule has 1 aliphatic heterocycles. The monoisotopic (exact) mass is 449 g/mol. The second-order valence-corrected chi connectivity index (χ2v) is 7.01. The zero-order chi connectivity index (χ0) is 23.3. The molecule has 0 radical (unpaired) electrons. The van der Waals surface area contributed by atoms with Crippen molar-refractivity contribution in [2.45, 2.75) is 13.3 Å². The van der Waals surface area contributed by atoms with Crippen LogP contribution in [0.4, 0.5) is 20.2 Å². The van der Waals surface area contributed by atoms with Gasteiger partial charge in [0.2, 0.25) is 11.8 Å². The first-order valence-corrected chi connectivity index (χ1v) is 10.0. The number of nitrogens with one attached hydrogen (secondary N) is 1. The molecular weight excluding hydrogens is 424 g/mol. The average molecular weight is 449 g/mol. The van der Waals surface area contributed by atoms with Gasteiger partial charge in [-0.25, -0.2) is 29.0 Å². The van der Waals surface area contributed by atoms with Crippen LogP contribution >= 0.6 is 0 Å². The van der Waals surface area contributed by atoms with Gasteiger partial charge in [-0.1, -0.05) is 6.92 Å². The lowest BCUT2D eigenvalue weighted by Crippen LogP contribution is -2.52. The summed E-state index contributed by atoms with van der Waals surface area (Å²) in [4.78, 5) is 24.5. The molecule has 0 amide bonds. The second-order valence-electron chi connectivity index (χ2n) is 7.01. The minimum atomic E-state index is -0.641. The van der Waals surface area contributed by atoms with Gasteiger partial charge in [-0.3, -0.25) is 5.21 Å². The second kappa shape index (κ2) is 10.2. The summed E-state index contributed by atoms with van der Waals surface area (Å²) in [6.45, 7) is 3.57. The van der Waals surface area contributed by atoms with Gasteiger partial charge in [0.15, 0.2) is 0 Å². The number of benzene rings is 1. The maximum atomic E-state index is 13.5. The molecule has 172 valence electrons. The quantitative estimate of drug-likeness (QED) is 0.311. The van der Waals surface area contributed by atoms with Gasteiger partial charge in [0.25, 0.3) is 0 Å². The Morgan fingerprint density at radius 2 is 1.81 bits per heavy atom. The predicted octanol–water partition coefficient (Wildman–Crippen LogP) is 2.51. The van der Waals surface area contributed by atoms with Crippen molar-refractivity contribution in [3.05, 3.63) is 47.2 Å². The zero-order valence-corrected chi connectivity index (χ0v) is 18.1. The molecule has 2 heterocycles. The first-order chi connectivity index (χ1) is 15.4. The van der Waals surface area contributed by atoms with Crippen molar-refractivity contribution in [3.8, 4) is 5.88 Å². The molecule has 0 spiro atoms. The molecule has 1 aromatic heterocycles. The van der Waals surface area contributed by atoms with Crippen molar-refractivity contribution < 1.29 is 28.3 Å². The number of guanidine groups is 1. The van der Waals surface area contributed by atoms with Crippen molar-refractivity contribution in [2.24, 2.45) is 4.99 Å². The van der Waals surface area contributed by atoms with Gasteiger partial charge in [0.05, 0.1) is 25.5 Å². The molecule has 1 saturated heterocycles. The molecule has 32 heavy (non-hydrogen) atoms. The normalized spacial score (nSPS) is 14.4. The largest absolute Gasteiger partial charge is 0.479 e. The van der Waals surface area contributed by atoms with E-state index < -0.39 is 17.6 Å². The molecule has 2 N–H and O–H groups in total. The van der Waals surface area contributed by atoms with Crippen LogP contribution in [0.15, 0.2) is 29.3 Å². The van der Waals surface area contributed by atoms with Crippen LogP contribution in [0.2, 0.25) is 0 Å². The number of hydrogen-bond donors (Lipinski definition) is 2. The third-order valence-electron chi connectivity index (χ3n) is 5.10. The number of methoxy groups -OCH3 is 2. The highest BCUT2D eigenvalue weighted by Gasteiger charge is 2.23. The molecule has 11 heteroatoms. The molecule has 0 bridgehead atoms. The van der Waals surface area contributed by atoms with Gasteiger partial charge in [-0.15, -0.1) is 0 Å². The fourth-order valence-corrected chi connectivity index (χ4v) is 3.49. The van der Waals surface area contributed by atoms with Crippen molar-refractivity contribution in [3.63, 3.8) is 0 Å². The molecule has 1 fully saturated rings. The van der Waals surface area contributed by atoms with Crippen LogP contribution < -0.4 is 15.1 Å². The van der Waals surface area contributed by atoms with E-state index in [-0.39, 0.29) is 23.1 Å². The number of hydrogen-bond acceptors (Lipinski definition) is 7. The molecular formula is C21H25F2N5O4. The van der Waals surface area contributed by atoms with E-state index in [9.17, 15) is 18.8 Å². The van der Waals surface area contributed by atoms with Crippen molar-refractivity contribution in [2.75, 3.05) is 45.3 Å². The van der Waals surface area contributed by atoms with Crippen LogP contribution in [-0.2, 0) is 11.2 Å². The third kappa shape index (κ3) is 5.05. The maximum absolute atomic E-state index is 13.5. The van der Waals surface area contributed by atoms with Gasteiger partial charge in [-0.05, 0) is 24.6 Å². The topological polar surface area (TPSA) is 99.5 Å². The zero-order valence-electron chi connectivity index (χ0n) is 18.1. The number of halogens is 2. The van der Waals surface area contributed by atoms with Crippen LogP contribution in [0, 0.1) is 11.6 Å². The number of hydroxylamine groups is 1. The molecule has 0 unspecified atom stereocenters. The summed E-state index contributed by atoms with van der Waals surface area (Å²) < 4.78 is 37.2. The van der Waals surface area contributed by atoms with Gasteiger partial charge >= 0.3 is 5.97 Å². The number of ether oxygens (including phenoxy) is 2. The number of rotatable bonds is 5. The van der Waals surface area contributed by atoms with Crippen LogP contribution in [0.25, 0.3) is 0 Å². The van der Waals surface area contributed by atoms with Crippen LogP contribution in [0.1, 0.15) is 23.0 Å². The number of carbonyl (C=O) groups excluding carboxylic acids is 1. The lowest BCUT2D eigenvalue weighted by Gasteiger charge is -2.37. The van der Waals surface area contributed by atoms with Crippen molar-refractivity contribution >= 4 is 23.3 Å². The SMILES string of the molecule is CCc1nc(OC)c(N=C(NO)N2CCN(c3cc(F)cc(F)c3)CC2)cc1C(=O)OC. The van der Waals surface area contributed by atoms with Crippen LogP contribution in [-0.4, -0.2) is 67.4 Å². The van der Waals surface area contributed by atoms with Crippen molar-refractivity contribution in [1.29, 1.82) is 0 Å². The Balaban J connectivity index is 1.84. The summed E-state index contributed by atoms with van der Waals surface area (Å²) in [5.41, 5.74) is 3.51. The summed E-state index contributed by atoms with van der Waals surface area (Å²) >= 11 is 0. The standard InChI is InChI=1S/C21H25F2N5O4/c1-4-17-16(20(29)32-3)12-18(19(24-17)31-2)25-21(26-30)28-7-5-27(6-8-28)15-10-13(22)9-14(23)11-15/h9-12,30H,4-8H2,1-3H3,(H,25,26). The van der Waals surface area contributed by atoms with E-state index in [1.165, 1.54) is 32.4 Å². The third-order valence-corrected chi connectivity index (χ3v) is 5.10. The number of piperazine rings is 1. The number of pyridine rings is 1. The highest BCUT2D eigenvalue weighted by Crippen LogP contribution is 2.29. The molecule has 0 atom stereocenters. The van der Waals surface area contributed by atoms with Gasteiger partial charge in [0, 0.05) is 37.9 Å². The Morgan fingerprint density at radius 1 is 1.16 bits per heavy atom. The molecule has 0 saturated carbocycles. The van der Waals surface area contributed by atoms with Crippen LogP contribution in [0.5, 0.6) is 5.88 Å². The van der Waals surface area contributed by atoms with E-state index >= 15 is 0 Å². The van der Waals surface area contributed by atoms with Crippen LogP contribution in [0.3, 0.4) is 0 Å². The van der Waals surface area contributed by atoms with E-state index in [0.29, 0.717) is 44.0 Å². The number of esters is 1. The summed E-state index contributed by atoms with van der Waals surface area (Å²) in [5, 5.41) is 9.70. The summed E-state index contributed by atoms with van der Waals surface area (Å²) in [7, 11) is 2.71. The lowest BCUT2D eigenvalue weighted by atomic mass is 10.1. The highest BCUT2D eigenvalue weighted by atomic mass is 19.1. The Kier molecular flexibility index (Phi) is 7.41. The number of aromatic nitrogens is 1. The van der Waals surface area contributed by atoms with E-state index in [4.69, 9.17) is 9.47 Å². The summed E-state index contributed by atoms with van der Waals surface area (Å²) in [6, 6.07) is 4.88. The molecule has 2 aromatic rings. The van der Waals surface area contributed by atoms with Gasteiger partial charge in [-0.2, -0.15) is 0 Å². The molecule has 9 nitrogen and oxygen atoms in total. The smallest absolute Gasteiger partial charge is 0.339 e. The number of carbonyl (C=O) groups is 1. The van der Waals surface area contributed by atoms with E-state index in [1.807, 2.05) is 11.8 Å². The van der Waals surface area contributed by atoms with Crippen molar-refractivity contribution in [1.82, 2.24) is 15.4 Å². The Labute approximate surface area is 184 Å². The van der Waals surface area contributed by atoms with E-state index in [2.05, 4.69) is 15.5 Å². The molecule has 1 aromatic carbocycles. The first kappa shape index (κ1) is 23.2. The Bertz CT molecular complexity index is 990. The Hall–Kier alpha value is -3.47. The maximum Gasteiger partial charge on any atom is 0.339 e. The predicted molar refractivity (Wildman–Crippen MR) is 114 cm³/mol. The summed E-state index contributed by atoms with van der Waals surface area (Å²) in [5.74, 6) is -1.52. The molecule has 3 rings (SSSR count). The molecule has 1 aliphatic rings. The fraction of sp³-hybridized carbons (Fsp3) is 0.381. The minimum absolute atomic E-state index is 0.121. The number of aryl methyl sites for hydroxylation is 1. The lowest BCUT2D eigenvalue weighted by molar-refractivity contribution is 0.0599. The fourth-order valence-electron chi connectivity index (χ4n) is 3.49.